The molecule has 6 nitrogen and oxygen atoms in total. The molecule has 4 rings (SSSR count). The number of aliphatic hydroxyl groups is 4. The average Bonchev–Trinajstić information content (AvgIpc) is 3.06. The number of allylic oxidation sites excluding steroid dienone is 2. The van der Waals surface area contributed by atoms with E-state index < -0.39 is 24.4 Å². The molecule has 36 heavy (non-hydrogen) atoms. The molecular weight excluding hydrogens is 456 g/mol. The third-order valence-electron chi connectivity index (χ3n) is 11.4. The summed E-state index contributed by atoms with van der Waals surface area (Å²) < 4.78 is 5.95. The number of fused-ring (bicyclic) bond motifs is 5. The van der Waals surface area contributed by atoms with Gasteiger partial charge in [0.2, 0.25) is 0 Å². The summed E-state index contributed by atoms with van der Waals surface area (Å²) >= 11 is 0. The molecule has 0 aromatic carbocycles. The second-order valence-corrected chi connectivity index (χ2v) is 13.8. The van der Waals surface area contributed by atoms with Crippen LogP contribution in [0.1, 0.15) is 80.6 Å². The van der Waals surface area contributed by atoms with Crippen LogP contribution in [0.15, 0.2) is 12.2 Å². The number of aliphatic hydroxyl groups excluding tert-OH is 4. The van der Waals surface area contributed by atoms with E-state index in [0.29, 0.717) is 37.5 Å². The Labute approximate surface area is 217 Å². The minimum Gasteiger partial charge on any atom is -0.462 e. The van der Waals surface area contributed by atoms with Gasteiger partial charge in [0.25, 0.3) is 0 Å². The topological polar surface area (TPSA) is 107 Å². The maximum Gasteiger partial charge on any atom is 0.302 e. The summed E-state index contributed by atoms with van der Waals surface area (Å²) in [5.74, 6) is 0.157. The first-order valence-corrected chi connectivity index (χ1v) is 14.3. The standard InChI is InChI=1S/C30H50O6/c1-15(2)16(3)8-9-17(4)25-23(36-18(5)31)13-20-24-26(22(33)14-30(20,25)7)29(6)11-10-19(32)12-21(29)27(34)28(24)35/h8-9,15-17,19-28,32-35H,10-14H2,1-7H3/t16-,17+,19-,20-,21?,22-,23-,24-,25-,26-,27-,28+,29-,30-/m0/s1. The van der Waals surface area contributed by atoms with Crippen LogP contribution in [0.3, 0.4) is 0 Å². The first-order chi connectivity index (χ1) is 16.7. The highest BCUT2D eigenvalue weighted by Crippen LogP contribution is 2.68. The van der Waals surface area contributed by atoms with Crippen LogP contribution in [0.4, 0.5) is 0 Å². The van der Waals surface area contributed by atoms with Crippen LogP contribution < -0.4 is 0 Å². The molecule has 4 aliphatic rings. The average molecular weight is 507 g/mol. The van der Waals surface area contributed by atoms with E-state index in [-0.39, 0.29) is 58.4 Å². The molecule has 14 atom stereocenters. The molecule has 0 aliphatic heterocycles. The molecule has 0 aromatic heterocycles. The van der Waals surface area contributed by atoms with Gasteiger partial charge in [-0.3, -0.25) is 4.79 Å². The number of hydrogen-bond acceptors (Lipinski definition) is 6. The lowest BCUT2D eigenvalue weighted by atomic mass is 9.42. The molecule has 4 aliphatic carbocycles. The van der Waals surface area contributed by atoms with Gasteiger partial charge in [-0.15, -0.1) is 0 Å². The molecule has 0 radical (unpaired) electrons. The van der Waals surface area contributed by atoms with Crippen molar-refractivity contribution in [2.75, 3.05) is 0 Å². The highest BCUT2D eigenvalue weighted by Gasteiger charge is 2.69. The van der Waals surface area contributed by atoms with Crippen LogP contribution in [0.25, 0.3) is 0 Å². The quantitative estimate of drug-likeness (QED) is 0.332. The van der Waals surface area contributed by atoms with Crippen molar-refractivity contribution in [2.45, 2.75) is 111 Å². The Kier molecular flexibility index (Phi) is 7.78. The Morgan fingerprint density at radius 2 is 1.61 bits per heavy atom. The molecule has 4 fully saturated rings. The maximum atomic E-state index is 12.2. The van der Waals surface area contributed by atoms with Crippen LogP contribution in [0.5, 0.6) is 0 Å². The minimum absolute atomic E-state index is 0.0145. The van der Waals surface area contributed by atoms with Crippen LogP contribution in [-0.2, 0) is 9.53 Å². The van der Waals surface area contributed by atoms with Gasteiger partial charge in [0, 0.05) is 12.8 Å². The molecule has 4 saturated carbocycles. The Morgan fingerprint density at radius 1 is 0.944 bits per heavy atom. The van der Waals surface area contributed by atoms with Crippen LogP contribution in [-0.4, -0.2) is 56.9 Å². The van der Waals surface area contributed by atoms with Crippen molar-refractivity contribution in [1.82, 2.24) is 0 Å². The Bertz CT molecular complexity index is 841. The fourth-order valence-electron chi connectivity index (χ4n) is 9.35. The summed E-state index contributed by atoms with van der Waals surface area (Å²) in [7, 11) is 0. The monoisotopic (exact) mass is 506 g/mol. The van der Waals surface area contributed by atoms with Gasteiger partial charge in [0.05, 0.1) is 24.4 Å². The van der Waals surface area contributed by atoms with Gasteiger partial charge in [-0.1, -0.05) is 53.7 Å². The number of hydrogen-bond donors (Lipinski definition) is 4. The highest BCUT2D eigenvalue weighted by atomic mass is 16.5. The molecule has 6 heteroatoms. The molecule has 0 heterocycles. The SMILES string of the molecule is CC(=O)O[C@H]1C[C@H]2[C@@H]3[C@@H](O)[C@@H](O)C4C[C@@H](O)CC[C@]4(C)[C@H]3[C@@H](O)C[C@]2(C)[C@H]1[C@H](C)C=C[C@H](C)C(C)C. The molecule has 0 spiro atoms. The molecular formula is C30H50O6. The van der Waals surface area contributed by atoms with Crippen LogP contribution in [0.2, 0.25) is 0 Å². The van der Waals surface area contributed by atoms with Crippen molar-refractivity contribution in [3.05, 3.63) is 12.2 Å². The zero-order valence-corrected chi connectivity index (χ0v) is 23.3. The number of esters is 1. The fourth-order valence-corrected chi connectivity index (χ4v) is 9.35. The van der Waals surface area contributed by atoms with Crippen molar-refractivity contribution in [3.63, 3.8) is 0 Å². The highest BCUT2D eigenvalue weighted by molar-refractivity contribution is 5.66. The summed E-state index contributed by atoms with van der Waals surface area (Å²) in [5.41, 5.74) is -0.694. The Morgan fingerprint density at radius 3 is 2.22 bits per heavy atom. The van der Waals surface area contributed by atoms with Crippen LogP contribution in [0, 0.1) is 58.2 Å². The van der Waals surface area contributed by atoms with E-state index in [0.717, 1.165) is 6.42 Å². The lowest BCUT2D eigenvalue weighted by Crippen LogP contribution is -2.67. The van der Waals surface area contributed by atoms with E-state index in [9.17, 15) is 25.2 Å². The largest absolute Gasteiger partial charge is 0.462 e. The van der Waals surface area contributed by atoms with Gasteiger partial charge in [-0.2, -0.15) is 0 Å². The predicted octanol–water partition coefficient (Wildman–Crippen LogP) is 3.94. The predicted molar refractivity (Wildman–Crippen MR) is 139 cm³/mol. The normalized spacial score (nSPS) is 50.3. The molecule has 206 valence electrons. The van der Waals surface area contributed by atoms with Gasteiger partial charge in [-0.05, 0) is 84.4 Å². The smallest absolute Gasteiger partial charge is 0.302 e. The van der Waals surface area contributed by atoms with Crippen molar-refractivity contribution in [3.8, 4) is 0 Å². The van der Waals surface area contributed by atoms with E-state index in [1.807, 2.05) is 0 Å². The lowest BCUT2D eigenvalue weighted by Gasteiger charge is -2.64. The van der Waals surface area contributed by atoms with E-state index in [2.05, 4.69) is 53.7 Å². The summed E-state index contributed by atoms with van der Waals surface area (Å²) in [5, 5.41) is 45.0. The second-order valence-electron chi connectivity index (χ2n) is 13.8. The van der Waals surface area contributed by atoms with Gasteiger partial charge in [0.1, 0.15) is 6.10 Å². The molecule has 0 amide bonds. The summed E-state index contributed by atoms with van der Waals surface area (Å²) in [6.07, 6.45) is 4.30. The number of carbonyl (C=O) groups is 1. The first-order valence-electron chi connectivity index (χ1n) is 14.3. The number of ether oxygens (including phenoxy) is 1. The van der Waals surface area contributed by atoms with E-state index in [4.69, 9.17) is 4.74 Å². The minimum atomic E-state index is -0.971. The third kappa shape index (κ3) is 4.48. The molecule has 4 N–H and O–H groups in total. The van der Waals surface area contributed by atoms with Crippen molar-refractivity contribution < 1.29 is 30.0 Å². The third-order valence-corrected chi connectivity index (χ3v) is 11.4. The van der Waals surface area contributed by atoms with Gasteiger partial charge in [0.15, 0.2) is 0 Å². The Hall–Kier alpha value is -0.950. The molecule has 0 bridgehead atoms. The summed E-state index contributed by atoms with van der Waals surface area (Å²) in [4.78, 5) is 12.2. The van der Waals surface area contributed by atoms with E-state index in [1.165, 1.54) is 6.92 Å². The zero-order chi connectivity index (χ0) is 26.7. The second kappa shape index (κ2) is 9.98. The van der Waals surface area contributed by atoms with Gasteiger partial charge < -0.3 is 25.2 Å². The Balaban J connectivity index is 1.72. The van der Waals surface area contributed by atoms with Gasteiger partial charge >= 0.3 is 5.97 Å². The maximum absolute atomic E-state index is 12.2. The lowest BCUT2D eigenvalue weighted by molar-refractivity contribution is -0.249. The van der Waals surface area contributed by atoms with Gasteiger partial charge in [-0.25, -0.2) is 0 Å². The summed E-state index contributed by atoms with van der Waals surface area (Å²) in [6.45, 7) is 14.6. The van der Waals surface area contributed by atoms with Crippen molar-refractivity contribution in [1.29, 1.82) is 0 Å². The number of rotatable bonds is 5. The molecule has 1 unspecified atom stereocenters. The molecule has 0 saturated heterocycles. The molecule has 0 aromatic rings. The van der Waals surface area contributed by atoms with Crippen molar-refractivity contribution >= 4 is 5.97 Å². The first kappa shape index (κ1) is 28.1. The van der Waals surface area contributed by atoms with E-state index in [1.54, 1.807) is 0 Å². The fraction of sp³-hybridized carbons (Fsp3) is 0.900. The summed E-state index contributed by atoms with van der Waals surface area (Å²) in [6, 6.07) is 0. The number of carbonyl (C=O) groups excluding carboxylic acids is 1. The zero-order valence-electron chi connectivity index (χ0n) is 23.3. The van der Waals surface area contributed by atoms with Crippen molar-refractivity contribution in [2.24, 2.45) is 58.2 Å². The van der Waals surface area contributed by atoms with E-state index >= 15 is 0 Å². The van der Waals surface area contributed by atoms with Crippen LogP contribution >= 0.6 is 0 Å².